The summed E-state index contributed by atoms with van der Waals surface area (Å²) in [5.74, 6) is -4.07. The number of methoxy groups -OCH3 is 2. The van der Waals surface area contributed by atoms with Crippen LogP contribution >= 0.6 is 0 Å². The standard InChI is InChI=1S/C35H27N5O16S3/c1-55-25-10-15(3-6-22(25)37-39-31-24(41)8-5-19-27(58(49,50)51)14-20(35(44)45)33(42)30(19)31)16-4-7-23(26(11-16)56-2)38-40-32-28(59(52,53)54)12-17-9-18(57(46,47)48)13-21(36)29(17)34(32)43/h3-14,41-43H,36H2,1-2H3,(H,44,45)(H,46,47,48)(H,49,50,51)(H,52,53,54). The highest BCUT2D eigenvalue weighted by molar-refractivity contribution is 7.86. The number of ether oxygens (including phenoxy) is 2. The van der Waals surface area contributed by atoms with Crippen molar-refractivity contribution in [3.63, 3.8) is 0 Å². The molecule has 59 heavy (non-hydrogen) atoms. The van der Waals surface area contributed by atoms with Crippen LogP contribution < -0.4 is 15.2 Å². The number of carbonyl (C=O) groups is 1. The van der Waals surface area contributed by atoms with Gasteiger partial charge in [0.1, 0.15) is 61.1 Å². The van der Waals surface area contributed by atoms with Gasteiger partial charge in [0.15, 0.2) is 5.75 Å². The van der Waals surface area contributed by atoms with Crippen LogP contribution in [-0.2, 0) is 30.4 Å². The molecule has 0 aliphatic rings. The van der Waals surface area contributed by atoms with Crippen molar-refractivity contribution >= 4 is 86.3 Å². The molecule has 0 aromatic heterocycles. The maximum Gasteiger partial charge on any atom is 0.339 e. The van der Waals surface area contributed by atoms with E-state index in [9.17, 15) is 64.1 Å². The number of nitrogens with two attached hydrogens (primary N) is 1. The second-order valence-electron chi connectivity index (χ2n) is 12.2. The highest BCUT2D eigenvalue weighted by atomic mass is 32.2. The molecular weight excluding hydrogens is 843 g/mol. The molecule has 6 aromatic carbocycles. The van der Waals surface area contributed by atoms with Gasteiger partial charge in [0.25, 0.3) is 30.4 Å². The molecule has 0 unspecified atom stereocenters. The van der Waals surface area contributed by atoms with E-state index in [1.807, 2.05) is 0 Å². The average Bonchev–Trinajstić information content (AvgIpc) is 3.15. The minimum atomic E-state index is -5.13. The van der Waals surface area contributed by atoms with E-state index in [1.165, 1.54) is 44.6 Å². The fraction of sp³-hybridized carbons (Fsp3) is 0.0571. The molecule has 0 spiro atoms. The smallest absolute Gasteiger partial charge is 0.339 e. The van der Waals surface area contributed by atoms with Crippen LogP contribution in [0.5, 0.6) is 28.7 Å². The number of azo groups is 2. The summed E-state index contributed by atoms with van der Waals surface area (Å²) in [6.45, 7) is 0. The van der Waals surface area contributed by atoms with Crippen molar-refractivity contribution in [3.05, 3.63) is 78.4 Å². The quantitative estimate of drug-likeness (QED) is 0.0384. The van der Waals surface area contributed by atoms with Gasteiger partial charge < -0.3 is 35.6 Å². The van der Waals surface area contributed by atoms with E-state index in [0.717, 1.165) is 30.3 Å². The zero-order chi connectivity index (χ0) is 43.4. The lowest BCUT2D eigenvalue weighted by atomic mass is 10.0. The van der Waals surface area contributed by atoms with Gasteiger partial charge in [0, 0.05) is 16.5 Å². The summed E-state index contributed by atoms with van der Waals surface area (Å²) >= 11 is 0. The zero-order valence-electron chi connectivity index (χ0n) is 29.8. The van der Waals surface area contributed by atoms with Crippen LogP contribution in [0.25, 0.3) is 32.7 Å². The predicted octanol–water partition coefficient (Wildman–Crippen LogP) is 6.65. The van der Waals surface area contributed by atoms with Gasteiger partial charge in [-0.1, -0.05) is 12.1 Å². The Balaban J connectivity index is 1.38. The number of benzene rings is 6. The minimum absolute atomic E-state index is 0.00882. The number of hydrogen-bond acceptors (Lipinski definition) is 17. The molecule has 0 aliphatic carbocycles. The molecule has 0 amide bonds. The number of phenols is 3. The largest absolute Gasteiger partial charge is 0.506 e. The topological polar surface area (TPSA) is 355 Å². The number of fused-ring (bicyclic) bond motifs is 2. The average molecular weight is 870 g/mol. The number of anilines is 1. The number of carboxylic acid groups (broad SMARTS) is 1. The van der Waals surface area contributed by atoms with E-state index in [-0.39, 0.29) is 44.7 Å². The third-order valence-electron chi connectivity index (χ3n) is 8.64. The third-order valence-corrected chi connectivity index (χ3v) is 11.2. The van der Waals surface area contributed by atoms with Gasteiger partial charge in [0.2, 0.25) is 0 Å². The lowest BCUT2D eigenvalue weighted by Gasteiger charge is -2.13. The second kappa shape index (κ2) is 15.1. The SMILES string of the molecule is COc1cc(-c2ccc(N=Nc3c(O)ccc4c(S(=O)(=O)O)cc(C(=O)O)c(O)c34)c(OC)c2)ccc1N=Nc1c(S(=O)(=O)O)cc2cc(S(=O)(=O)O)cc(N)c2c1O. The number of hydrogen-bond donors (Lipinski definition) is 8. The van der Waals surface area contributed by atoms with Gasteiger partial charge >= 0.3 is 5.97 Å². The molecule has 6 aromatic rings. The van der Waals surface area contributed by atoms with Crippen molar-refractivity contribution in [2.45, 2.75) is 14.7 Å². The first-order valence-electron chi connectivity index (χ1n) is 16.0. The van der Waals surface area contributed by atoms with Crippen molar-refractivity contribution in [2.75, 3.05) is 20.0 Å². The van der Waals surface area contributed by atoms with Crippen LogP contribution in [-0.4, -0.2) is 79.5 Å². The number of nitrogens with zero attached hydrogens (tertiary/aromatic N) is 4. The Bertz CT molecular complexity index is 3190. The number of nitrogen functional groups attached to an aromatic ring is 1. The number of phenolic OH excluding ortho intramolecular Hbond substituents is 2. The summed E-state index contributed by atoms with van der Waals surface area (Å²) in [7, 11) is -12.4. The minimum Gasteiger partial charge on any atom is -0.506 e. The van der Waals surface area contributed by atoms with Crippen molar-refractivity contribution in [3.8, 4) is 39.9 Å². The molecule has 9 N–H and O–H groups in total. The molecule has 306 valence electrons. The van der Waals surface area contributed by atoms with Gasteiger partial charge in [-0.05, 0) is 77.2 Å². The van der Waals surface area contributed by atoms with Crippen LogP contribution in [0, 0.1) is 0 Å². The monoisotopic (exact) mass is 869 g/mol. The van der Waals surface area contributed by atoms with Crippen LogP contribution in [0.15, 0.2) is 108 Å². The van der Waals surface area contributed by atoms with E-state index in [4.69, 9.17) is 15.2 Å². The Morgan fingerprint density at radius 1 is 0.610 bits per heavy atom. The first-order valence-corrected chi connectivity index (χ1v) is 20.3. The van der Waals surface area contributed by atoms with Crippen molar-refractivity contribution in [2.24, 2.45) is 20.5 Å². The van der Waals surface area contributed by atoms with Crippen LogP contribution in [0.1, 0.15) is 10.4 Å². The highest BCUT2D eigenvalue weighted by Crippen LogP contribution is 2.47. The summed E-state index contributed by atoms with van der Waals surface area (Å²) in [4.78, 5) is 9.24. The van der Waals surface area contributed by atoms with Gasteiger partial charge in [-0.25, -0.2) is 4.79 Å². The van der Waals surface area contributed by atoms with E-state index in [1.54, 1.807) is 6.07 Å². The molecule has 0 bridgehead atoms. The van der Waals surface area contributed by atoms with Gasteiger partial charge in [-0.15, -0.1) is 20.5 Å². The zero-order valence-corrected chi connectivity index (χ0v) is 32.3. The predicted molar refractivity (Wildman–Crippen MR) is 207 cm³/mol. The molecule has 0 fully saturated rings. The van der Waals surface area contributed by atoms with Gasteiger partial charge in [-0.2, -0.15) is 25.3 Å². The molecule has 24 heteroatoms. The number of aromatic hydroxyl groups is 3. The molecule has 0 atom stereocenters. The maximum absolute atomic E-state index is 12.3. The number of carboxylic acids is 1. The maximum atomic E-state index is 12.3. The Morgan fingerprint density at radius 3 is 1.64 bits per heavy atom. The van der Waals surface area contributed by atoms with Gasteiger partial charge in [0.05, 0.1) is 24.5 Å². The number of rotatable bonds is 11. The molecule has 0 saturated carbocycles. The molecule has 6 rings (SSSR count). The third kappa shape index (κ3) is 7.98. The fourth-order valence-corrected chi connectivity index (χ4v) is 7.86. The van der Waals surface area contributed by atoms with E-state index in [2.05, 4.69) is 20.5 Å². The highest BCUT2D eigenvalue weighted by Gasteiger charge is 2.27. The van der Waals surface area contributed by atoms with Crippen LogP contribution in [0.3, 0.4) is 0 Å². The van der Waals surface area contributed by atoms with E-state index >= 15 is 0 Å². The molecule has 21 nitrogen and oxygen atoms in total. The second-order valence-corrected chi connectivity index (χ2v) is 16.4. The van der Waals surface area contributed by atoms with E-state index in [0.29, 0.717) is 17.2 Å². The lowest BCUT2D eigenvalue weighted by molar-refractivity contribution is 0.0693. The fourth-order valence-electron chi connectivity index (χ4n) is 5.94. The lowest BCUT2D eigenvalue weighted by Crippen LogP contribution is -2.04. The first kappa shape index (κ1) is 41.7. The Labute approximate surface area is 332 Å². The van der Waals surface area contributed by atoms with Crippen LogP contribution in [0.2, 0.25) is 0 Å². The summed E-state index contributed by atoms with van der Waals surface area (Å²) in [6.07, 6.45) is 0. The Hall–Kier alpha value is -6.96. The molecule has 0 aliphatic heterocycles. The van der Waals surface area contributed by atoms with Crippen molar-refractivity contribution in [1.29, 1.82) is 0 Å². The summed E-state index contributed by atoms with van der Waals surface area (Å²) < 4.78 is 112. The molecule has 0 heterocycles. The first-order chi connectivity index (χ1) is 27.5. The summed E-state index contributed by atoms with van der Waals surface area (Å²) in [5, 5.41) is 56.4. The van der Waals surface area contributed by atoms with Crippen molar-refractivity contribution in [1.82, 2.24) is 0 Å². The number of aromatic carboxylic acids is 1. The Morgan fingerprint density at radius 2 is 1.15 bits per heavy atom. The normalized spacial score (nSPS) is 12.5. The molecule has 0 saturated heterocycles. The van der Waals surface area contributed by atoms with Gasteiger partial charge in [-0.3, -0.25) is 13.7 Å². The summed E-state index contributed by atoms with van der Waals surface area (Å²) in [5.41, 5.74) is 4.32. The Kier molecular flexibility index (Phi) is 10.7. The molecular formula is C35H27N5O16S3. The van der Waals surface area contributed by atoms with Crippen molar-refractivity contribution < 1.29 is 73.6 Å². The van der Waals surface area contributed by atoms with Crippen LogP contribution in [0.4, 0.5) is 28.4 Å². The molecule has 0 radical (unpaired) electrons. The van der Waals surface area contributed by atoms with E-state index < -0.39 is 90.6 Å². The summed E-state index contributed by atoms with van der Waals surface area (Å²) in [6, 6.07) is 13.9.